The number of ether oxygens (including phenoxy) is 1. The minimum Gasteiger partial charge on any atom is -0.466 e. The van der Waals surface area contributed by atoms with Crippen LogP contribution in [-0.4, -0.2) is 19.1 Å². The molecule has 0 unspecified atom stereocenters. The maximum absolute atomic E-state index is 11.1. The number of carbonyl (C=O) groups is 1. The van der Waals surface area contributed by atoms with Gasteiger partial charge in [0.05, 0.1) is 23.7 Å². The lowest BCUT2D eigenvalue weighted by atomic mass is 10.3. The van der Waals surface area contributed by atoms with Crippen molar-refractivity contribution in [3.8, 4) is 0 Å². The van der Waals surface area contributed by atoms with E-state index in [0.717, 1.165) is 5.69 Å². The molecule has 0 saturated heterocycles. The highest BCUT2D eigenvalue weighted by atomic mass is 35.5. The van der Waals surface area contributed by atoms with Gasteiger partial charge >= 0.3 is 5.97 Å². The Kier molecular flexibility index (Phi) is 5.43. The highest BCUT2D eigenvalue weighted by Gasteiger charge is 2.03. The summed E-state index contributed by atoms with van der Waals surface area (Å²) in [6.45, 7) is 2.67. The topological polar surface area (TPSA) is 38.3 Å². The zero-order chi connectivity index (χ0) is 12.0. The van der Waals surface area contributed by atoms with Gasteiger partial charge in [-0.1, -0.05) is 23.2 Å². The van der Waals surface area contributed by atoms with E-state index in [1.165, 1.54) is 0 Å². The number of halogens is 2. The molecule has 5 heteroatoms. The van der Waals surface area contributed by atoms with Crippen molar-refractivity contribution >= 4 is 34.9 Å². The molecule has 1 rings (SSSR count). The molecule has 0 heterocycles. The molecule has 0 atom stereocenters. The average molecular weight is 262 g/mol. The quantitative estimate of drug-likeness (QED) is 0.827. The minimum absolute atomic E-state index is 0.222. The van der Waals surface area contributed by atoms with Crippen LogP contribution in [0.4, 0.5) is 5.69 Å². The Balaban J connectivity index is 2.40. The van der Waals surface area contributed by atoms with E-state index in [1.807, 2.05) is 0 Å². The van der Waals surface area contributed by atoms with Gasteiger partial charge in [0, 0.05) is 11.6 Å². The Bertz CT molecular complexity index is 369. The van der Waals surface area contributed by atoms with Gasteiger partial charge in [-0.15, -0.1) is 0 Å². The zero-order valence-corrected chi connectivity index (χ0v) is 10.4. The number of benzene rings is 1. The van der Waals surface area contributed by atoms with Crippen LogP contribution in [-0.2, 0) is 9.53 Å². The Hall–Kier alpha value is -0.930. The maximum Gasteiger partial charge on any atom is 0.307 e. The summed E-state index contributed by atoms with van der Waals surface area (Å²) in [5.74, 6) is -0.222. The Morgan fingerprint density at radius 2 is 2.19 bits per heavy atom. The first kappa shape index (κ1) is 13.1. The highest BCUT2D eigenvalue weighted by molar-refractivity contribution is 6.36. The monoisotopic (exact) mass is 261 g/mol. The van der Waals surface area contributed by atoms with Crippen LogP contribution >= 0.6 is 23.2 Å². The number of rotatable bonds is 5. The van der Waals surface area contributed by atoms with Gasteiger partial charge in [0.15, 0.2) is 0 Å². The Morgan fingerprint density at radius 3 is 2.81 bits per heavy atom. The number of hydrogen-bond donors (Lipinski definition) is 1. The van der Waals surface area contributed by atoms with Gasteiger partial charge < -0.3 is 10.1 Å². The molecule has 0 aromatic heterocycles. The van der Waals surface area contributed by atoms with Crippen molar-refractivity contribution in [2.75, 3.05) is 18.5 Å². The lowest BCUT2D eigenvalue weighted by molar-refractivity contribution is -0.142. The minimum atomic E-state index is -0.222. The van der Waals surface area contributed by atoms with Crippen molar-refractivity contribution in [1.29, 1.82) is 0 Å². The largest absolute Gasteiger partial charge is 0.466 e. The first-order chi connectivity index (χ1) is 7.63. The molecule has 0 bridgehead atoms. The molecule has 0 aliphatic rings. The molecular weight excluding hydrogens is 249 g/mol. The van der Waals surface area contributed by atoms with Crippen molar-refractivity contribution in [2.45, 2.75) is 13.3 Å². The third-order valence-electron chi connectivity index (χ3n) is 1.88. The molecule has 0 amide bonds. The number of anilines is 1. The van der Waals surface area contributed by atoms with Crippen LogP contribution in [0.2, 0.25) is 10.0 Å². The highest BCUT2D eigenvalue weighted by Crippen LogP contribution is 2.25. The lowest BCUT2D eigenvalue weighted by Crippen LogP contribution is -2.11. The van der Waals surface area contributed by atoms with E-state index in [0.29, 0.717) is 29.6 Å². The Morgan fingerprint density at radius 1 is 1.44 bits per heavy atom. The summed E-state index contributed by atoms with van der Waals surface area (Å²) in [4.78, 5) is 11.1. The van der Waals surface area contributed by atoms with Crippen LogP contribution in [0.15, 0.2) is 18.2 Å². The van der Waals surface area contributed by atoms with Gasteiger partial charge in [-0.05, 0) is 25.1 Å². The van der Waals surface area contributed by atoms with E-state index < -0.39 is 0 Å². The molecular formula is C11H13Cl2NO2. The molecule has 0 spiro atoms. The van der Waals surface area contributed by atoms with Crippen molar-refractivity contribution in [3.05, 3.63) is 28.2 Å². The smallest absolute Gasteiger partial charge is 0.307 e. The van der Waals surface area contributed by atoms with Gasteiger partial charge in [-0.3, -0.25) is 4.79 Å². The lowest BCUT2D eigenvalue weighted by Gasteiger charge is -2.08. The number of carbonyl (C=O) groups excluding carboxylic acids is 1. The Labute approximate surface area is 105 Å². The fourth-order valence-corrected chi connectivity index (χ4v) is 1.64. The molecule has 3 nitrogen and oxygen atoms in total. The van der Waals surface area contributed by atoms with E-state index in [1.54, 1.807) is 25.1 Å². The summed E-state index contributed by atoms with van der Waals surface area (Å²) in [6, 6.07) is 5.16. The number of hydrogen-bond acceptors (Lipinski definition) is 3. The summed E-state index contributed by atoms with van der Waals surface area (Å²) in [5, 5.41) is 4.16. The molecule has 16 heavy (non-hydrogen) atoms. The fourth-order valence-electron chi connectivity index (χ4n) is 1.17. The SMILES string of the molecule is CCOC(=O)CCNc1ccc(Cl)cc1Cl. The van der Waals surface area contributed by atoms with Crippen LogP contribution in [0.5, 0.6) is 0 Å². The van der Waals surface area contributed by atoms with Crippen molar-refractivity contribution in [3.63, 3.8) is 0 Å². The van der Waals surface area contributed by atoms with E-state index in [-0.39, 0.29) is 5.97 Å². The third-order valence-corrected chi connectivity index (χ3v) is 2.43. The van der Waals surface area contributed by atoms with E-state index in [4.69, 9.17) is 27.9 Å². The molecule has 0 saturated carbocycles. The third kappa shape index (κ3) is 4.29. The summed E-state index contributed by atoms with van der Waals surface area (Å²) >= 11 is 11.7. The molecule has 0 aliphatic heterocycles. The predicted octanol–water partition coefficient (Wildman–Crippen LogP) is 3.36. The summed E-state index contributed by atoms with van der Waals surface area (Å²) in [6.07, 6.45) is 0.312. The van der Waals surface area contributed by atoms with Crippen LogP contribution < -0.4 is 5.32 Å². The second-order valence-electron chi connectivity index (χ2n) is 3.11. The van der Waals surface area contributed by atoms with Crippen LogP contribution in [0, 0.1) is 0 Å². The number of nitrogens with one attached hydrogen (secondary N) is 1. The first-order valence-corrected chi connectivity index (χ1v) is 5.73. The van der Waals surface area contributed by atoms with Gasteiger partial charge in [0.1, 0.15) is 0 Å². The summed E-state index contributed by atoms with van der Waals surface area (Å²) < 4.78 is 4.80. The van der Waals surface area contributed by atoms with Crippen LogP contribution in [0.25, 0.3) is 0 Å². The van der Waals surface area contributed by atoms with Gasteiger partial charge in [-0.25, -0.2) is 0 Å². The molecule has 0 aliphatic carbocycles. The number of esters is 1. The first-order valence-electron chi connectivity index (χ1n) is 4.98. The molecule has 0 fully saturated rings. The fraction of sp³-hybridized carbons (Fsp3) is 0.364. The van der Waals surface area contributed by atoms with Gasteiger partial charge in [0.25, 0.3) is 0 Å². The predicted molar refractivity (Wildman–Crippen MR) is 66.2 cm³/mol. The molecule has 0 radical (unpaired) electrons. The average Bonchev–Trinajstić information content (AvgIpc) is 2.22. The molecule has 1 aromatic rings. The van der Waals surface area contributed by atoms with Gasteiger partial charge in [-0.2, -0.15) is 0 Å². The van der Waals surface area contributed by atoms with Gasteiger partial charge in [0.2, 0.25) is 0 Å². The summed E-state index contributed by atoms with van der Waals surface area (Å²) in [7, 11) is 0. The van der Waals surface area contributed by atoms with Crippen LogP contribution in [0.3, 0.4) is 0 Å². The molecule has 1 aromatic carbocycles. The van der Waals surface area contributed by atoms with E-state index >= 15 is 0 Å². The van der Waals surface area contributed by atoms with Crippen LogP contribution in [0.1, 0.15) is 13.3 Å². The van der Waals surface area contributed by atoms with Crippen molar-refractivity contribution < 1.29 is 9.53 Å². The molecule has 88 valence electrons. The van der Waals surface area contributed by atoms with E-state index in [9.17, 15) is 4.79 Å². The standard InChI is InChI=1S/C11H13Cl2NO2/c1-2-16-11(15)5-6-14-10-4-3-8(12)7-9(10)13/h3-4,7,14H,2,5-6H2,1H3. The van der Waals surface area contributed by atoms with E-state index in [2.05, 4.69) is 5.32 Å². The normalized spacial score (nSPS) is 9.94. The molecule has 1 N–H and O–H groups in total. The summed E-state index contributed by atoms with van der Waals surface area (Å²) in [5.41, 5.74) is 0.760. The van der Waals surface area contributed by atoms with Crippen molar-refractivity contribution in [1.82, 2.24) is 0 Å². The second-order valence-corrected chi connectivity index (χ2v) is 3.95. The second kappa shape index (κ2) is 6.61. The zero-order valence-electron chi connectivity index (χ0n) is 8.93. The maximum atomic E-state index is 11.1. The van der Waals surface area contributed by atoms with Crippen molar-refractivity contribution in [2.24, 2.45) is 0 Å².